The van der Waals surface area contributed by atoms with E-state index in [1.165, 1.54) is 0 Å². The molecule has 0 aliphatic carbocycles. The fourth-order valence-electron chi connectivity index (χ4n) is 2.93. The Morgan fingerprint density at radius 1 is 1.19 bits per heavy atom. The Labute approximate surface area is 150 Å². The average Bonchev–Trinajstić information content (AvgIpc) is 3.17. The van der Waals surface area contributed by atoms with E-state index in [9.17, 15) is 4.79 Å². The first kappa shape index (κ1) is 16.6. The summed E-state index contributed by atoms with van der Waals surface area (Å²) in [5, 5.41) is 8.19. The van der Waals surface area contributed by atoms with Gasteiger partial charge in [0.25, 0.3) is 5.91 Å². The maximum atomic E-state index is 13.1. The highest BCUT2D eigenvalue weighted by Gasteiger charge is 2.33. The predicted molar refractivity (Wildman–Crippen MR) is 92.5 cm³/mol. The van der Waals surface area contributed by atoms with Crippen molar-refractivity contribution in [2.75, 3.05) is 19.8 Å². The molecule has 1 saturated heterocycles. The van der Waals surface area contributed by atoms with E-state index >= 15 is 0 Å². The summed E-state index contributed by atoms with van der Waals surface area (Å²) in [6, 6.07) is 4.92. The highest BCUT2D eigenvalue weighted by molar-refractivity contribution is 5.97. The molecule has 1 amide bonds. The normalized spacial score (nSPS) is 17.8. The van der Waals surface area contributed by atoms with Crippen molar-refractivity contribution in [3.8, 4) is 0 Å². The molecular formula is C18H19N5O3. The van der Waals surface area contributed by atoms with Crippen molar-refractivity contribution in [1.82, 2.24) is 25.1 Å². The second-order valence-corrected chi connectivity index (χ2v) is 6.48. The highest BCUT2D eigenvalue weighted by atomic mass is 16.5. The number of ether oxygens (including phenoxy) is 1. The number of rotatable bonds is 3. The van der Waals surface area contributed by atoms with Crippen molar-refractivity contribution in [1.29, 1.82) is 0 Å². The molecule has 1 fully saturated rings. The zero-order valence-electron chi connectivity index (χ0n) is 14.6. The van der Waals surface area contributed by atoms with Crippen LogP contribution in [0.4, 0.5) is 0 Å². The molecule has 0 radical (unpaired) electrons. The number of nitrogens with zero attached hydrogens (tertiary/aromatic N) is 5. The summed E-state index contributed by atoms with van der Waals surface area (Å²) in [6.07, 6.45) is 3.24. The van der Waals surface area contributed by atoms with E-state index in [2.05, 4.69) is 20.2 Å². The lowest BCUT2D eigenvalue weighted by Crippen LogP contribution is -2.43. The molecule has 134 valence electrons. The van der Waals surface area contributed by atoms with Gasteiger partial charge >= 0.3 is 0 Å². The third kappa shape index (κ3) is 3.03. The number of aromatic nitrogens is 4. The Balaban J connectivity index is 1.64. The fourth-order valence-corrected chi connectivity index (χ4v) is 2.93. The predicted octanol–water partition coefficient (Wildman–Crippen LogP) is 2.35. The summed E-state index contributed by atoms with van der Waals surface area (Å²) in [6.45, 7) is 5.22. The molecule has 0 N–H and O–H groups in total. The minimum absolute atomic E-state index is 0.116. The molecule has 8 nitrogen and oxygen atoms in total. The zero-order chi connectivity index (χ0) is 18.1. The molecule has 1 aliphatic rings. The van der Waals surface area contributed by atoms with E-state index in [-0.39, 0.29) is 11.8 Å². The third-order valence-corrected chi connectivity index (χ3v) is 4.34. The molecule has 1 aromatic carbocycles. The second-order valence-electron chi connectivity index (χ2n) is 6.48. The standard InChI is InChI=1S/C18H19N5O3/c1-11(2)16-21-22-17(26-16)15-10-25-8-7-23(15)18(24)12-3-4-13-14(9-12)20-6-5-19-13/h3-6,9,11,15H,7-8,10H2,1-2H3/t15-/m0/s1. The molecule has 3 aromatic rings. The van der Waals surface area contributed by atoms with Crippen LogP contribution in [0.15, 0.2) is 35.0 Å². The summed E-state index contributed by atoms with van der Waals surface area (Å²) in [5.74, 6) is 0.973. The lowest BCUT2D eigenvalue weighted by Gasteiger charge is -2.33. The van der Waals surface area contributed by atoms with Gasteiger partial charge in [-0.3, -0.25) is 14.8 Å². The molecule has 2 aromatic heterocycles. The van der Waals surface area contributed by atoms with Gasteiger partial charge in [0.1, 0.15) is 6.04 Å². The van der Waals surface area contributed by atoms with Crippen molar-refractivity contribution in [2.24, 2.45) is 0 Å². The molecule has 8 heteroatoms. The number of benzene rings is 1. The van der Waals surface area contributed by atoms with Gasteiger partial charge in [0.05, 0.1) is 24.2 Å². The van der Waals surface area contributed by atoms with Gasteiger partial charge in [0.2, 0.25) is 11.8 Å². The van der Waals surface area contributed by atoms with Crippen LogP contribution in [0, 0.1) is 0 Å². The van der Waals surface area contributed by atoms with E-state index in [0.29, 0.717) is 42.6 Å². The fraction of sp³-hybridized carbons (Fsp3) is 0.389. The molecule has 0 saturated carbocycles. The largest absolute Gasteiger partial charge is 0.423 e. The van der Waals surface area contributed by atoms with E-state index in [1.54, 1.807) is 35.5 Å². The number of morpholine rings is 1. The SMILES string of the molecule is CC(C)c1nnc([C@@H]2COCCN2C(=O)c2ccc3nccnc3c2)o1. The molecular weight excluding hydrogens is 334 g/mol. The first-order valence-corrected chi connectivity index (χ1v) is 8.56. The van der Waals surface area contributed by atoms with Gasteiger partial charge in [0, 0.05) is 30.4 Å². The third-order valence-electron chi connectivity index (χ3n) is 4.34. The second kappa shape index (κ2) is 6.80. The zero-order valence-corrected chi connectivity index (χ0v) is 14.6. The smallest absolute Gasteiger partial charge is 0.254 e. The van der Waals surface area contributed by atoms with Crippen molar-refractivity contribution < 1.29 is 13.9 Å². The average molecular weight is 353 g/mol. The molecule has 0 spiro atoms. The van der Waals surface area contributed by atoms with Gasteiger partial charge in [-0.1, -0.05) is 13.8 Å². The maximum absolute atomic E-state index is 13.1. The number of hydrogen-bond donors (Lipinski definition) is 0. The molecule has 1 aliphatic heterocycles. The van der Waals surface area contributed by atoms with Crippen LogP contribution in [0.5, 0.6) is 0 Å². The Morgan fingerprint density at radius 3 is 2.77 bits per heavy atom. The monoisotopic (exact) mass is 353 g/mol. The maximum Gasteiger partial charge on any atom is 0.254 e. The Hall–Kier alpha value is -2.87. The molecule has 3 heterocycles. The Bertz CT molecular complexity index is 939. The first-order chi connectivity index (χ1) is 12.6. The van der Waals surface area contributed by atoms with Crippen LogP contribution in [-0.2, 0) is 4.74 Å². The van der Waals surface area contributed by atoms with Gasteiger partial charge < -0.3 is 14.1 Å². The van der Waals surface area contributed by atoms with Crippen LogP contribution in [0.2, 0.25) is 0 Å². The van der Waals surface area contributed by atoms with Crippen LogP contribution in [-0.4, -0.2) is 50.7 Å². The number of hydrogen-bond acceptors (Lipinski definition) is 7. The summed E-state index contributed by atoms with van der Waals surface area (Å²) in [4.78, 5) is 23.3. The molecule has 0 unspecified atom stereocenters. The number of carbonyl (C=O) groups excluding carboxylic acids is 1. The van der Waals surface area contributed by atoms with Crippen molar-refractivity contribution in [2.45, 2.75) is 25.8 Å². The molecule has 4 rings (SSSR count). The minimum atomic E-state index is -0.395. The number of carbonyl (C=O) groups is 1. The minimum Gasteiger partial charge on any atom is -0.423 e. The van der Waals surface area contributed by atoms with Crippen molar-refractivity contribution in [3.05, 3.63) is 47.9 Å². The Kier molecular flexibility index (Phi) is 4.34. The topological polar surface area (TPSA) is 94.2 Å². The van der Waals surface area contributed by atoms with Gasteiger partial charge in [-0.25, -0.2) is 0 Å². The summed E-state index contributed by atoms with van der Waals surface area (Å²) in [7, 11) is 0. The van der Waals surface area contributed by atoms with Gasteiger partial charge in [0.15, 0.2) is 0 Å². The van der Waals surface area contributed by atoms with E-state index in [0.717, 1.165) is 5.52 Å². The summed E-state index contributed by atoms with van der Waals surface area (Å²) < 4.78 is 11.3. The summed E-state index contributed by atoms with van der Waals surface area (Å²) in [5.41, 5.74) is 1.98. The summed E-state index contributed by atoms with van der Waals surface area (Å²) >= 11 is 0. The Morgan fingerprint density at radius 2 is 2.00 bits per heavy atom. The highest BCUT2D eigenvalue weighted by Crippen LogP contribution is 2.27. The molecule has 26 heavy (non-hydrogen) atoms. The van der Waals surface area contributed by atoms with Gasteiger partial charge in [-0.05, 0) is 18.2 Å². The number of amides is 1. The molecule has 1 atom stereocenters. The molecule has 0 bridgehead atoms. The van der Waals surface area contributed by atoms with E-state index < -0.39 is 6.04 Å². The lowest BCUT2D eigenvalue weighted by molar-refractivity contribution is -0.0107. The van der Waals surface area contributed by atoms with Crippen LogP contribution in [0.25, 0.3) is 11.0 Å². The first-order valence-electron chi connectivity index (χ1n) is 8.56. The van der Waals surface area contributed by atoms with Crippen molar-refractivity contribution >= 4 is 16.9 Å². The quantitative estimate of drug-likeness (QED) is 0.713. The lowest BCUT2D eigenvalue weighted by atomic mass is 10.1. The van der Waals surface area contributed by atoms with Gasteiger partial charge in [-0.15, -0.1) is 10.2 Å². The number of fused-ring (bicyclic) bond motifs is 1. The van der Waals surface area contributed by atoms with Crippen molar-refractivity contribution in [3.63, 3.8) is 0 Å². The van der Waals surface area contributed by atoms with Gasteiger partial charge in [-0.2, -0.15) is 0 Å². The van der Waals surface area contributed by atoms with Crippen LogP contribution >= 0.6 is 0 Å². The van der Waals surface area contributed by atoms with Crippen LogP contribution in [0.3, 0.4) is 0 Å². The van der Waals surface area contributed by atoms with E-state index in [4.69, 9.17) is 9.15 Å². The van der Waals surface area contributed by atoms with E-state index in [1.807, 2.05) is 13.8 Å². The van der Waals surface area contributed by atoms with Crippen LogP contribution in [0.1, 0.15) is 47.9 Å². The van der Waals surface area contributed by atoms with Crippen LogP contribution < -0.4 is 0 Å².